The van der Waals surface area contributed by atoms with Gasteiger partial charge in [0.15, 0.2) is 0 Å². The Morgan fingerprint density at radius 2 is 1.78 bits per heavy atom. The van der Waals surface area contributed by atoms with E-state index in [1.165, 1.54) is 0 Å². The van der Waals surface area contributed by atoms with Crippen LogP contribution in [0.1, 0.15) is 73.1 Å². The second kappa shape index (κ2) is 14.8. The summed E-state index contributed by atoms with van der Waals surface area (Å²) in [6.07, 6.45) is 8.11. The van der Waals surface area contributed by atoms with E-state index in [-0.39, 0.29) is 36.9 Å². The second-order valence-corrected chi connectivity index (χ2v) is 14.9. The molecule has 0 aliphatic carbocycles. The zero-order chi connectivity index (χ0) is 32.9. The average Bonchev–Trinajstić information content (AvgIpc) is 3.61. The summed E-state index contributed by atoms with van der Waals surface area (Å²) in [6.45, 7) is 20.1. The highest BCUT2D eigenvalue weighted by Gasteiger charge is 2.78. The molecule has 2 unspecified atom stereocenters. The van der Waals surface area contributed by atoms with E-state index in [0.717, 1.165) is 50.1 Å². The number of fused-ring (bicyclic) bond motifs is 1. The number of unbranched alkanes of at least 4 members (excludes halogenated alkanes) is 2. The molecule has 0 radical (unpaired) electrons. The normalized spacial score (nSPS) is 28.0. The Morgan fingerprint density at radius 3 is 2.36 bits per heavy atom. The highest BCUT2D eigenvalue weighted by atomic mass is 32.2. The number of nitrogens with zero attached hydrogens (tertiary/aromatic N) is 3. The molecular formula is C36H53N3O5S. The van der Waals surface area contributed by atoms with Gasteiger partial charge in [0.1, 0.15) is 6.04 Å². The van der Waals surface area contributed by atoms with E-state index >= 15 is 0 Å². The number of likely N-dealkylation sites (tertiary alicyclic amines) is 1. The van der Waals surface area contributed by atoms with Gasteiger partial charge in [0.05, 0.1) is 35.8 Å². The fourth-order valence-electron chi connectivity index (χ4n) is 7.86. The lowest BCUT2D eigenvalue weighted by Gasteiger charge is -2.41. The van der Waals surface area contributed by atoms with E-state index in [4.69, 9.17) is 4.74 Å². The van der Waals surface area contributed by atoms with E-state index in [2.05, 4.69) is 38.8 Å². The van der Waals surface area contributed by atoms with E-state index in [0.29, 0.717) is 19.4 Å². The molecule has 248 valence electrons. The van der Waals surface area contributed by atoms with Crippen molar-refractivity contribution in [3.8, 4) is 0 Å². The summed E-state index contributed by atoms with van der Waals surface area (Å²) in [5.41, 5.74) is 1.80. The molecule has 0 saturated carbocycles. The van der Waals surface area contributed by atoms with Crippen LogP contribution in [0.15, 0.2) is 49.6 Å². The van der Waals surface area contributed by atoms with Crippen LogP contribution in [0.3, 0.4) is 0 Å². The fraction of sp³-hybridized carbons (Fsp3) is 0.639. The van der Waals surface area contributed by atoms with Crippen LogP contribution in [0, 0.1) is 17.8 Å². The molecule has 3 aliphatic heterocycles. The SMILES string of the molecule is C=CCCCCOC(=O)[C@H]1[C@H]2C(=O)N([C@@H](CO)[C@@H](C)CC)C(C(=O)N(CC=C)c3ccc(N(CC)CC)cc3)C23CC[C@]1(C)S3. The number of rotatable bonds is 17. The van der Waals surface area contributed by atoms with Crippen molar-refractivity contribution in [3.63, 3.8) is 0 Å². The quantitative estimate of drug-likeness (QED) is 0.130. The van der Waals surface area contributed by atoms with Gasteiger partial charge in [-0.25, -0.2) is 0 Å². The van der Waals surface area contributed by atoms with Gasteiger partial charge in [0, 0.05) is 35.8 Å². The molecule has 4 rings (SSSR count). The number of amides is 2. The molecule has 2 amide bonds. The number of allylic oxidation sites excluding steroid dienone is 1. The molecule has 45 heavy (non-hydrogen) atoms. The van der Waals surface area contributed by atoms with Crippen molar-refractivity contribution < 1.29 is 24.2 Å². The molecule has 3 heterocycles. The van der Waals surface area contributed by atoms with Crippen LogP contribution in [0.4, 0.5) is 11.4 Å². The van der Waals surface area contributed by atoms with Crippen molar-refractivity contribution in [2.24, 2.45) is 17.8 Å². The minimum absolute atomic E-state index is 0.0428. The molecule has 3 saturated heterocycles. The second-order valence-electron chi connectivity index (χ2n) is 13.0. The molecule has 1 aromatic carbocycles. The summed E-state index contributed by atoms with van der Waals surface area (Å²) in [5, 5.41) is 10.7. The Bertz CT molecular complexity index is 1240. The molecule has 9 heteroatoms. The molecule has 1 spiro atoms. The van der Waals surface area contributed by atoms with E-state index in [1.807, 2.05) is 44.2 Å². The first-order valence-electron chi connectivity index (χ1n) is 16.8. The first-order valence-corrected chi connectivity index (χ1v) is 17.6. The largest absolute Gasteiger partial charge is 0.465 e. The Balaban J connectivity index is 1.76. The summed E-state index contributed by atoms with van der Waals surface area (Å²) in [6, 6.07) is 6.58. The van der Waals surface area contributed by atoms with Gasteiger partial charge in [0.25, 0.3) is 5.91 Å². The Labute approximate surface area is 274 Å². The van der Waals surface area contributed by atoms with Gasteiger partial charge in [-0.3, -0.25) is 14.4 Å². The molecule has 0 aromatic heterocycles. The van der Waals surface area contributed by atoms with Crippen molar-refractivity contribution in [2.45, 2.75) is 94.7 Å². The number of benzene rings is 1. The molecule has 8 nitrogen and oxygen atoms in total. The summed E-state index contributed by atoms with van der Waals surface area (Å²) >= 11 is 1.63. The average molecular weight is 640 g/mol. The number of hydrogen-bond donors (Lipinski definition) is 1. The van der Waals surface area contributed by atoms with E-state index < -0.39 is 33.4 Å². The standard InChI is InChI=1S/C36H53N3O5S/c1-8-13-14-15-23-44-34(43)30-29-32(41)39(28(24-40)25(6)10-3)31(36(29)21-20-35(30,7)45-36)33(42)38(22-9-2)27-18-16-26(17-19-27)37(11-4)12-5/h8-9,16-19,25,28-31,40H,1-2,10-15,20-24H2,3-7H3/t25-,28-,29-,30+,31?,35-,36?/m0/s1. The van der Waals surface area contributed by atoms with Crippen LogP contribution in [0.5, 0.6) is 0 Å². The van der Waals surface area contributed by atoms with Crippen LogP contribution in [0.25, 0.3) is 0 Å². The minimum atomic E-state index is -0.833. The van der Waals surface area contributed by atoms with Crippen molar-refractivity contribution >= 4 is 40.9 Å². The lowest BCUT2D eigenvalue weighted by Crippen LogP contribution is -2.58. The van der Waals surface area contributed by atoms with Crippen LogP contribution < -0.4 is 9.80 Å². The van der Waals surface area contributed by atoms with Gasteiger partial charge >= 0.3 is 5.97 Å². The number of carbonyl (C=O) groups is 3. The fourth-order valence-corrected chi connectivity index (χ4v) is 10.2. The van der Waals surface area contributed by atoms with Gasteiger partial charge in [-0.15, -0.1) is 24.9 Å². The number of thioether (sulfide) groups is 1. The number of carbonyl (C=O) groups excluding carboxylic acids is 3. The smallest absolute Gasteiger partial charge is 0.311 e. The van der Waals surface area contributed by atoms with Crippen LogP contribution >= 0.6 is 11.8 Å². The third-order valence-corrected chi connectivity index (χ3v) is 12.4. The van der Waals surface area contributed by atoms with Crippen LogP contribution in [-0.2, 0) is 19.1 Å². The maximum Gasteiger partial charge on any atom is 0.311 e. The summed E-state index contributed by atoms with van der Waals surface area (Å²) in [7, 11) is 0. The lowest BCUT2D eigenvalue weighted by atomic mass is 9.66. The highest BCUT2D eigenvalue weighted by Crippen LogP contribution is 2.72. The van der Waals surface area contributed by atoms with Crippen molar-refractivity contribution in [2.75, 3.05) is 42.6 Å². The molecule has 2 bridgehead atoms. The highest BCUT2D eigenvalue weighted by molar-refractivity contribution is 8.02. The molecule has 7 atom stereocenters. The number of esters is 1. The van der Waals surface area contributed by atoms with Crippen molar-refractivity contribution in [1.29, 1.82) is 0 Å². The van der Waals surface area contributed by atoms with Gasteiger partial charge in [-0.05, 0) is 83.1 Å². The number of aliphatic hydroxyl groups excluding tert-OH is 1. The maximum absolute atomic E-state index is 15.0. The Morgan fingerprint density at radius 1 is 1.11 bits per heavy atom. The maximum atomic E-state index is 15.0. The van der Waals surface area contributed by atoms with Gasteiger partial charge < -0.3 is 24.5 Å². The van der Waals surface area contributed by atoms with Gasteiger partial charge in [-0.1, -0.05) is 32.4 Å². The third-order valence-electron chi connectivity index (χ3n) is 10.5. The molecule has 1 aromatic rings. The van der Waals surface area contributed by atoms with Gasteiger partial charge in [-0.2, -0.15) is 0 Å². The van der Waals surface area contributed by atoms with Gasteiger partial charge in [0.2, 0.25) is 5.91 Å². The molecular weight excluding hydrogens is 586 g/mol. The summed E-state index contributed by atoms with van der Waals surface area (Å²) in [4.78, 5) is 49.1. The monoisotopic (exact) mass is 639 g/mol. The number of hydrogen-bond acceptors (Lipinski definition) is 7. The predicted octanol–water partition coefficient (Wildman–Crippen LogP) is 5.84. The zero-order valence-electron chi connectivity index (χ0n) is 27.9. The number of anilines is 2. The zero-order valence-corrected chi connectivity index (χ0v) is 28.7. The number of ether oxygens (including phenoxy) is 1. The van der Waals surface area contributed by atoms with Crippen molar-refractivity contribution in [1.82, 2.24) is 4.90 Å². The first-order chi connectivity index (χ1) is 21.6. The molecule has 1 N–H and O–H groups in total. The first kappa shape index (κ1) is 35.1. The number of aliphatic hydroxyl groups is 1. The predicted molar refractivity (Wildman–Crippen MR) is 183 cm³/mol. The minimum Gasteiger partial charge on any atom is -0.465 e. The summed E-state index contributed by atoms with van der Waals surface area (Å²) < 4.78 is 4.51. The molecule has 3 aliphatic rings. The van der Waals surface area contributed by atoms with E-state index in [1.54, 1.807) is 27.6 Å². The van der Waals surface area contributed by atoms with Crippen molar-refractivity contribution in [3.05, 3.63) is 49.6 Å². The summed E-state index contributed by atoms with van der Waals surface area (Å²) in [5.74, 6) is -2.15. The lowest BCUT2D eigenvalue weighted by molar-refractivity contribution is -0.156. The van der Waals surface area contributed by atoms with E-state index in [9.17, 15) is 19.5 Å². The van der Waals surface area contributed by atoms with Crippen LogP contribution in [0.2, 0.25) is 0 Å². The third kappa shape index (κ3) is 6.31. The Kier molecular flexibility index (Phi) is 11.5. The molecule has 3 fully saturated rings. The Hall–Kier alpha value is -2.78. The topological polar surface area (TPSA) is 90.4 Å². The van der Waals surface area contributed by atoms with Crippen LogP contribution in [-0.4, -0.2) is 82.2 Å².